The third-order valence-electron chi connectivity index (χ3n) is 4.91. The molecule has 0 amide bonds. The number of allylic oxidation sites excluding steroid dienone is 5. The van der Waals surface area contributed by atoms with Gasteiger partial charge in [0.05, 0.1) is 11.4 Å². The van der Waals surface area contributed by atoms with Crippen LogP contribution in [0.2, 0.25) is 0 Å². The van der Waals surface area contributed by atoms with Crippen LogP contribution in [0.15, 0.2) is 55.3 Å². The topological polar surface area (TPSA) is 28.2 Å². The molecule has 0 unspecified atom stereocenters. The highest BCUT2D eigenvalue weighted by molar-refractivity contribution is 5.76. The van der Waals surface area contributed by atoms with Crippen LogP contribution in [-0.2, 0) is 0 Å². The second-order valence-electron chi connectivity index (χ2n) is 7.24. The lowest BCUT2D eigenvalue weighted by atomic mass is 10.0. The van der Waals surface area contributed by atoms with E-state index in [4.69, 9.17) is 4.98 Å². The molecule has 1 aliphatic heterocycles. The molecule has 3 rings (SSSR count). The molecule has 0 saturated carbocycles. The molecule has 1 saturated heterocycles. The van der Waals surface area contributed by atoms with Crippen LogP contribution < -0.4 is 5.32 Å². The molecule has 1 aromatic rings. The summed E-state index contributed by atoms with van der Waals surface area (Å²) in [6.45, 7) is 16.6. The Balaban J connectivity index is 0.000000643. The van der Waals surface area contributed by atoms with E-state index in [9.17, 15) is 0 Å². The summed E-state index contributed by atoms with van der Waals surface area (Å²) < 4.78 is 0. The number of hydrogen-bond acceptors (Lipinski definition) is 3. The molecule has 3 heteroatoms. The highest BCUT2D eigenvalue weighted by Crippen LogP contribution is 2.22. The van der Waals surface area contributed by atoms with Crippen LogP contribution in [-0.4, -0.2) is 37.1 Å². The minimum absolute atomic E-state index is 0. The summed E-state index contributed by atoms with van der Waals surface area (Å²) >= 11 is 0. The van der Waals surface area contributed by atoms with Crippen molar-refractivity contribution in [2.45, 2.75) is 40.0 Å². The molecule has 0 bridgehead atoms. The molecule has 1 atom stereocenters. The van der Waals surface area contributed by atoms with E-state index >= 15 is 0 Å². The predicted molar refractivity (Wildman–Crippen MR) is 133 cm³/mol. The third-order valence-corrected chi connectivity index (χ3v) is 4.91. The Kier molecular flexibility index (Phi) is 11.7. The lowest BCUT2D eigenvalue weighted by Gasteiger charge is -2.26. The SMILES string of the molecule is C=C/C(=C\c1nc(C2=CCC=C2)ccc1C=C)NC.CC.C[C@@H]1CCCN(C)C1.[HH]. The Bertz CT molecular complexity index is 739. The molecule has 1 fully saturated rings. The summed E-state index contributed by atoms with van der Waals surface area (Å²) in [5.74, 6) is 0.939. The van der Waals surface area contributed by atoms with E-state index in [1.165, 1.54) is 31.5 Å². The monoisotopic (exact) mass is 395 g/mol. The van der Waals surface area contributed by atoms with Gasteiger partial charge in [0.15, 0.2) is 0 Å². The van der Waals surface area contributed by atoms with Gasteiger partial charge in [-0.1, -0.05) is 64.3 Å². The molecule has 0 aromatic carbocycles. The number of pyridine rings is 1. The molecule has 29 heavy (non-hydrogen) atoms. The van der Waals surface area contributed by atoms with Crippen molar-refractivity contribution >= 4 is 17.7 Å². The molecular formula is C26H41N3. The van der Waals surface area contributed by atoms with E-state index in [0.29, 0.717) is 0 Å². The van der Waals surface area contributed by atoms with Gasteiger partial charge in [-0.2, -0.15) is 0 Å². The molecular weight excluding hydrogens is 354 g/mol. The largest absolute Gasteiger partial charge is 0.388 e. The molecule has 0 spiro atoms. The number of nitrogens with zero attached hydrogens (tertiary/aromatic N) is 2. The van der Waals surface area contributed by atoms with E-state index in [1.54, 1.807) is 6.08 Å². The van der Waals surface area contributed by atoms with E-state index in [0.717, 1.165) is 35.0 Å². The zero-order valence-electron chi connectivity index (χ0n) is 19.0. The van der Waals surface area contributed by atoms with Crippen molar-refractivity contribution in [3.05, 3.63) is 72.2 Å². The average molecular weight is 396 g/mol. The van der Waals surface area contributed by atoms with Gasteiger partial charge in [-0.15, -0.1) is 0 Å². The van der Waals surface area contributed by atoms with Crippen LogP contribution in [0.5, 0.6) is 0 Å². The molecule has 1 aliphatic carbocycles. The van der Waals surface area contributed by atoms with Gasteiger partial charge in [-0.25, -0.2) is 4.98 Å². The molecule has 3 nitrogen and oxygen atoms in total. The Morgan fingerprint density at radius 2 is 2.07 bits per heavy atom. The zero-order chi connectivity index (χ0) is 21.6. The first-order valence-electron chi connectivity index (χ1n) is 10.8. The normalized spacial score (nSPS) is 18.6. The average Bonchev–Trinajstić information content (AvgIpc) is 3.28. The Morgan fingerprint density at radius 1 is 1.31 bits per heavy atom. The number of hydrogen-bond donors (Lipinski definition) is 1. The van der Waals surface area contributed by atoms with Crippen molar-refractivity contribution in [2.75, 3.05) is 27.2 Å². The van der Waals surface area contributed by atoms with Crippen LogP contribution in [0.4, 0.5) is 0 Å². The highest BCUT2D eigenvalue weighted by atomic mass is 15.1. The fourth-order valence-electron chi connectivity index (χ4n) is 3.39. The van der Waals surface area contributed by atoms with Crippen LogP contribution in [0.3, 0.4) is 0 Å². The fourth-order valence-corrected chi connectivity index (χ4v) is 3.39. The maximum atomic E-state index is 4.71. The van der Waals surface area contributed by atoms with Gasteiger partial charge < -0.3 is 10.2 Å². The summed E-state index contributed by atoms with van der Waals surface area (Å²) in [6.07, 6.45) is 15.8. The van der Waals surface area contributed by atoms with Gasteiger partial charge >= 0.3 is 0 Å². The van der Waals surface area contributed by atoms with Crippen molar-refractivity contribution < 1.29 is 1.43 Å². The number of likely N-dealkylation sites (tertiary alicyclic amines) is 1. The number of piperidine rings is 1. The Labute approximate surface area is 180 Å². The first-order chi connectivity index (χ1) is 14.1. The number of rotatable bonds is 5. The number of aromatic nitrogens is 1. The Hall–Kier alpha value is -2.39. The van der Waals surface area contributed by atoms with Gasteiger partial charge in [-0.05, 0) is 68.1 Å². The van der Waals surface area contributed by atoms with Crippen molar-refractivity contribution in [1.29, 1.82) is 0 Å². The maximum absolute atomic E-state index is 4.71. The van der Waals surface area contributed by atoms with E-state index < -0.39 is 0 Å². The summed E-state index contributed by atoms with van der Waals surface area (Å²) in [5, 5.41) is 3.08. The van der Waals surface area contributed by atoms with Crippen LogP contribution in [0.25, 0.3) is 17.7 Å². The van der Waals surface area contributed by atoms with Gasteiger partial charge in [0.2, 0.25) is 0 Å². The summed E-state index contributed by atoms with van der Waals surface area (Å²) in [5.41, 5.74) is 5.02. The van der Waals surface area contributed by atoms with Crippen molar-refractivity contribution in [2.24, 2.45) is 5.92 Å². The lowest BCUT2D eigenvalue weighted by Crippen LogP contribution is -2.30. The smallest absolute Gasteiger partial charge is 0.0729 e. The van der Waals surface area contributed by atoms with Gasteiger partial charge in [-0.3, -0.25) is 0 Å². The second-order valence-corrected chi connectivity index (χ2v) is 7.24. The van der Waals surface area contributed by atoms with Crippen molar-refractivity contribution in [3.63, 3.8) is 0 Å². The quantitative estimate of drug-likeness (QED) is 0.582. The van der Waals surface area contributed by atoms with Crippen molar-refractivity contribution in [3.8, 4) is 0 Å². The third kappa shape index (κ3) is 8.25. The molecule has 0 radical (unpaired) electrons. The van der Waals surface area contributed by atoms with E-state index in [2.05, 4.69) is 55.6 Å². The van der Waals surface area contributed by atoms with Crippen LogP contribution in [0.1, 0.15) is 58.4 Å². The standard InChI is InChI=1S/C17H18N2.C7H15N.C2H6.H2/c1-4-13-10-11-16(14-8-6-7-9-14)19-17(13)12-15(5-2)18-3;1-7-4-3-5-8(2)6-7;1-2;/h4-6,8-12,18H,1-2,7H2,3H3;7H,3-6H2,1-2H3;1-2H3;1H/b15-12+;;;/t;7-;;/m.1../s1. The van der Waals surface area contributed by atoms with E-state index in [1.807, 2.05) is 45.2 Å². The lowest BCUT2D eigenvalue weighted by molar-refractivity contribution is 0.221. The van der Waals surface area contributed by atoms with Gasteiger partial charge in [0, 0.05) is 20.7 Å². The van der Waals surface area contributed by atoms with Crippen LogP contribution >= 0.6 is 0 Å². The fraction of sp³-hybridized carbons (Fsp3) is 0.423. The molecule has 1 aromatic heterocycles. The zero-order valence-corrected chi connectivity index (χ0v) is 19.0. The molecule has 160 valence electrons. The minimum atomic E-state index is 0. The molecule has 2 aliphatic rings. The summed E-state index contributed by atoms with van der Waals surface area (Å²) in [4.78, 5) is 7.12. The second kappa shape index (κ2) is 13.7. The maximum Gasteiger partial charge on any atom is 0.0729 e. The first-order valence-corrected chi connectivity index (χ1v) is 10.8. The predicted octanol–water partition coefficient (Wildman–Crippen LogP) is 6.43. The summed E-state index contributed by atoms with van der Waals surface area (Å²) in [7, 11) is 4.07. The van der Waals surface area contributed by atoms with Crippen molar-refractivity contribution in [1.82, 2.24) is 15.2 Å². The Morgan fingerprint density at radius 3 is 2.55 bits per heavy atom. The van der Waals surface area contributed by atoms with Crippen LogP contribution in [0, 0.1) is 5.92 Å². The minimum Gasteiger partial charge on any atom is -0.388 e. The molecule has 1 N–H and O–H groups in total. The van der Waals surface area contributed by atoms with Gasteiger partial charge in [0.1, 0.15) is 0 Å². The molecule has 2 heterocycles. The van der Waals surface area contributed by atoms with E-state index in [-0.39, 0.29) is 1.43 Å². The highest BCUT2D eigenvalue weighted by Gasteiger charge is 2.11. The first kappa shape index (κ1) is 24.6. The van der Waals surface area contributed by atoms with Gasteiger partial charge in [0.25, 0.3) is 0 Å². The number of likely N-dealkylation sites (N-methyl/N-ethyl adjacent to an activating group) is 1. The number of nitrogens with one attached hydrogen (secondary N) is 1. The summed E-state index contributed by atoms with van der Waals surface area (Å²) in [6, 6.07) is 4.08.